The molecule has 0 aliphatic heterocycles. The standard InChI is InChI=1S/C17H25O5P/c1-4-6-10-17(11-7-5-2,22-23(20)21)14-8-9-16(19)15(12-14)13(3)18/h8-9,12H,4-7,10-11H2,1-3H3,(H-,18,19,20,21)/p+1. The molecule has 1 atom stereocenters. The number of rotatable bonds is 10. The summed E-state index contributed by atoms with van der Waals surface area (Å²) in [5, 5.41) is 9.84. The van der Waals surface area contributed by atoms with Gasteiger partial charge in [0.15, 0.2) is 11.4 Å². The van der Waals surface area contributed by atoms with E-state index in [9.17, 15) is 19.4 Å². The van der Waals surface area contributed by atoms with Gasteiger partial charge in [-0.2, -0.15) is 0 Å². The topological polar surface area (TPSA) is 83.8 Å². The summed E-state index contributed by atoms with van der Waals surface area (Å²) in [7, 11) is -2.78. The molecule has 0 amide bonds. The minimum absolute atomic E-state index is 0.0884. The fourth-order valence-corrected chi connectivity index (χ4v) is 3.32. The first kappa shape index (κ1) is 19.8. The number of aromatic hydroxyl groups is 1. The maximum Gasteiger partial charge on any atom is 0.695 e. The van der Waals surface area contributed by atoms with Crippen LogP contribution in [0.1, 0.15) is 75.2 Å². The van der Waals surface area contributed by atoms with E-state index in [4.69, 9.17) is 4.52 Å². The van der Waals surface area contributed by atoms with Crippen LogP contribution < -0.4 is 0 Å². The normalized spacial score (nSPS) is 12.3. The van der Waals surface area contributed by atoms with Gasteiger partial charge in [0.25, 0.3) is 0 Å². The Balaban J connectivity index is 3.37. The quantitative estimate of drug-likeness (QED) is 0.470. The molecule has 128 valence electrons. The van der Waals surface area contributed by atoms with E-state index in [-0.39, 0.29) is 17.1 Å². The van der Waals surface area contributed by atoms with Crippen molar-refractivity contribution in [1.82, 2.24) is 0 Å². The SMILES string of the molecule is CCCCC(CCCC)(O[P+](=O)O)c1ccc(O)c(C(C)=O)c1. The number of phenolic OH excluding ortho intramolecular Hbond substituents is 1. The first-order valence-electron chi connectivity index (χ1n) is 8.06. The zero-order valence-corrected chi connectivity index (χ0v) is 14.9. The molecule has 0 radical (unpaired) electrons. The number of carbonyl (C=O) groups excluding carboxylic acids is 1. The van der Waals surface area contributed by atoms with Crippen molar-refractivity contribution in [2.45, 2.75) is 64.9 Å². The second-order valence-electron chi connectivity index (χ2n) is 5.82. The van der Waals surface area contributed by atoms with Crippen LogP contribution in [0.3, 0.4) is 0 Å². The third kappa shape index (κ3) is 5.38. The van der Waals surface area contributed by atoms with E-state index in [0.29, 0.717) is 18.4 Å². The lowest BCUT2D eigenvalue weighted by Crippen LogP contribution is -2.28. The predicted molar refractivity (Wildman–Crippen MR) is 89.7 cm³/mol. The molecule has 5 nitrogen and oxygen atoms in total. The molecule has 1 rings (SSSR count). The Morgan fingerprint density at radius 2 is 1.78 bits per heavy atom. The zero-order valence-electron chi connectivity index (χ0n) is 14.0. The zero-order chi connectivity index (χ0) is 17.5. The Morgan fingerprint density at radius 3 is 2.22 bits per heavy atom. The number of hydrogen-bond acceptors (Lipinski definition) is 4. The van der Waals surface area contributed by atoms with E-state index in [0.717, 1.165) is 25.7 Å². The van der Waals surface area contributed by atoms with Gasteiger partial charge < -0.3 is 5.11 Å². The third-order valence-electron chi connectivity index (χ3n) is 4.02. The lowest BCUT2D eigenvalue weighted by atomic mass is 9.83. The molecule has 0 spiro atoms. The van der Waals surface area contributed by atoms with Gasteiger partial charge >= 0.3 is 8.25 Å². The second-order valence-corrected chi connectivity index (χ2v) is 6.48. The van der Waals surface area contributed by atoms with Crippen molar-refractivity contribution in [1.29, 1.82) is 0 Å². The van der Waals surface area contributed by atoms with Crippen LogP contribution in [0, 0.1) is 0 Å². The van der Waals surface area contributed by atoms with Crippen LogP contribution in [-0.4, -0.2) is 15.8 Å². The Kier molecular flexibility index (Phi) is 7.83. The average molecular weight is 341 g/mol. The van der Waals surface area contributed by atoms with Crippen LogP contribution in [0.25, 0.3) is 0 Å². The molecule has 2 N–H and O–H groups in total. The first-order valence-corrected chi connectivity index (χ1v) is 9.19. The van der Waals surface area contributed by atoms with Crippen molar-refractivity contribution in [2.24, 2.45) is 0 Å². The monoisotopic (exact) mass is 341 g/mol. The van der Waals surface area contributed by atoms with Gasteiger partial charge in [-0.15, -0.1) is 9.42 Å². The second kappa shape index (κ2) is 9.11. The molecule has 0 bridgehead atoms. The maximum absolute atomic E-state index is 11.7. The van der Waals surface area contributed by atoms with E-state index < -0.39 is 13.9 Å². The molecule has 0 fully saturated rings. The van der Waals surface area contributed by atoms with Crippen LogP contribution in [0.4, 0.5) is 0 Å². The number of ketones is 1. The minimum Gasteiger partial charge on any atom is -0.507 e. The van der Waals surface area contributed by atoms with Crippen molar-refractivity contribution in [2.75, 3.05) is 0 Å². The van der Waals surface area contributed by atoms with E-state index in [1.54, 1.807) is 12.1 Å². The summed E-state index contributed by atoms with van der Waals surface area (Å²) in [6, 6.07) is 4.71. The van der Waals surface area contributed by atoms with Crippen LogP contribution in [0.2, 0.25) is 0 Å². The van der Waals surface area contributed by atoms with Crippen molar-refractivity contribution < 1.29 is 23.9 Å². The molecule has 0 aliphatic rings. The number of phenols is 1. The Hall–Kier alpha value is -1.29. The summed E-state index contributed by atoms with van der Waals surface area (Å²) in [5.41, 5.74) is -0.0389. The molecular formula is C17H26O5P+. The van der Waals surface area contributed by atoms with Gasteiger partial charge in [0.1, 0.15) is 5.75 Å². The van der Waals surface area contributed by atoms with E-state index in [1.165, 1.54) is 13.0 Å². The molecule has 0 heterocycles. The van der Waals surface area contributed by atoms with Gasteiger partial charge in [-0.1, -0.05) is 45.6 Å². The van der Waals surface area contributed by atoms with Crippen molar-refractivity contribution >= 4 is 14.0 Å². The molecule has 23 heavy (non-hydrogen) atoms. The van der Waals surface area contributed by atoms with Crippen LogP contribution >= 0.6 is 8.25 Å². The summed E-state index contributed by atoms with van der Waals surface area (Å²) in [4.78, 5) is 21.0. The van der Waals surface area contributed by atoms with Gasteiger partial charge in [-0.25, -0.2) is 0 Å². The van der Waals surface area contributed by atoms with Gasteiger partial charge in [0.2, 0.25) is 0 Å². The third-order valence-corrected chi connectivity index (χ3v) is 4.53. The van der Waals surface area contributed by atoms with Gasteiger partial charge in [-0.05, 0) is 37.5 Å². The average Bonchev–Trinajstić information content (AvgIpc) is 2.49. The maximum atomic E-state index is 11.7. The van der Waals surface area contributed by atoms with Crippen molar-refractivity contribution in [3.05, 3.63) is 29.3 Å². The summed E-state index contributed by atoms with van der Waals surface area (Å²) >= 11 is 0. The summed E-state index contributed by atoms with van der Waals surface area (Å²) < 4.78 is 16.9. The molecule has 0 saturated heterocycles. The van der Waals surface area contributed by atoms with Gasteiger partial charge in [0.05, 0.1) is 5.56 Å². The molecule has 0 aromatic heterocycles. The Morgan fingerprint density at radius 1 is 1.22 bits per heavy atom. The number of hydrogen-bond donors (Lipinski definition) is 2. The lowest BCUT2D eigenvalue weighted by molar-refractivity contribution is 0.0389. The van der Waals surface area contributed by atoms with E-state index >= 15 is 0 Å². The van der Waals surface area contributed by atoms with Crippen molar-refractivity contribution in [3.8, 4) is 5.75 Å². The largest absolute Gasteiger partial charge is 0.695 e. The molecule has 1 aromatic rings. The van der Waals surface area contributed by atoms with Gasteiger partial charge in [0, 0.05) is 4.57 Å². The highest BCUT2D eigenvalue weighted by Gasteiger charge is 2.41. The molecule has 1 unspecified atom stereocenters. The highest BCUT2D eigenvalue weighted by molar-refractivity contribution is 7.32. The summed E-state index contributed by atoms with van der Waals surface area (Å²) in [5.74, 6) is -0.341. The Labute approximate surface area is 138 Å². The van der Waals surface area contributed by atoms with Gasteiger partial charge in [-0.3, -0.25) is 4.79 Å². The van der Waals surface area contributed by atoms with Crippen LogP contribution in [0.15, 0.2) is 18.2 Å². The Bertz CT molecular complexity index is 548. The fourth-order valence-electron chi connectivity index (χ4n) is 2.73. The first-order chi connectivity index (χ1) is 10.9. The summed E-state index contributed by atoms with van der Waals surface area (Å²) in [6.07, 6.45) is 4.71. The minimum atomic E-state index is -2.78. The lowest BCUT2D eigenvalue weighted by Gasteiger charge is -2.28. The molecule has 1 aromatic carbocycles. The van der Waals surface area contributed by atoms with E-state index in [2.05, 4.69) is 0 Å². The predicted octanol–water partition coefficient (Wildman–Crippen LogP) is 4.84. The molecular weight excluding hydrogens is 315 g/mol. The highest BCUT2D eigenvalue weighted by Crippen LogP contribution is 2.43. The van der Waals surface area contributed by atoms with E-state index in [1.807, 2.05) is 13.8 Å². The summed E-state index contributed by atoms with van der Waals surface area (Å²) in [6.45, 7) is 5.47. The van der Waals surface area contributed by atoms with Crippen molar-refractivity contribution in [3.63, 3.8) is 0 Å². The molecule has 0 saturated carbocycles. The fraction of sp³-hybridized carbons (Fsp3) is 0.588. The smallest absolute Gasteiger partial charge is 0.507 e. The van der Waals surface area contributed by atoms with Crippen LogP contribution in [-0.2, 0) is 14.7 Å². The number of Topliss-reactive ketones (excluding diaryl/α,β-unsaturated/α-hetero) is 1. The number of benzene rings is 1. The molecule has 6 heteroatoms. The van der Waals surface area contributed by atoms with Crippen LogP contribution in [0.5, 0.6) is 5.75 Å². The highest BCUT2D eigenvalue weighted by atomic mass is 31.1. The molecule has 0 aliphatic carbocycles. The number of carbonyl (C=O) groups is 1. The number of unbranched alkanes of at least 4 members (excludes halogenated alkanes) is 2.